The van der Waals surface area contributed by atoms with Crippen molar-refractivity contribution in [3.63, 3.8) is 0 Å². The monoisotopic (exact) mass is 526 g/mol. The zero-order valence-corrected chi connectivity index (χ0v) is 20.3. The van der Waals surface area contributed by atoms with E-state index in [0.29, 0.717) is 12.1 Å². The summed E-state index contributed by atoms with van der Waals surface area (Å²) >= 11 is 0. The van der Waals surface area contributed by atoms with Gasteiger partial charge in [-0.1, -0.05) is 36.4 Å². The molecule has 4 rings (SSSR count). The lowest BCUT2D eigenvalue weighted by Gasteiger charge is -2.10. The number of nitrogens with zero attached hydrogens (tertiary/aromatic N) is 1. The van der Waals surface area contributed by atoms with Gasteiger partial charge < -0.3 is 14.8 Å². The molecule has 1 aromatic heterocycles. The van der Waals surface area contributed by atoms with Crippen molar-refractivity contribution in [1.29, 1.82) is 0 Å². The lowest BCUT2D eigenvalue weighted by atomic mass is 10.0. The maximum atomic E-state index is 12.5. The van der Waals surface area contributed by atoms with E-state index in [4.69, 9.17) is 4.74 Å². The summed E-state index contributed by atoms with van der Waals surface area (Å²) in [6, 6.07) is 23.2. The quantitative estimate of drug-likeness (QED) is 0.300. The summed E-state index contributed by atoms with van der Waals surface area (Å²) in [6.45, 7) is 0.317. The number of nitrogens with one attached hydrogen (secondary N) is 1. The number of amides is 1. The molecule has 0 bridgehead atoms. The molecule has 3 aromatic carbocycles. The van der Waals surface area contributed by atoms with Gasteiger partial charge in [-0.3, -0.25) is 9.00 Å². The molecule has 190 valence electrons. The maximum Gasteiger partial charge on any atom is 0.573 e. The number of ether oxygens (including phenoxy) is 2. The predicted molar refractivity (Wildman–Crippen MR) is 133 cm³/mol. The van der Waals surface area contributed by atoms with Crippen LogP contribution in [0.25, 0.3) is 11.1 Å². The minimum absolute atomic E-state index is 0.176. The lowest BCUT2D eigenvalue weighted by Crippen LogP contribution is -2.22. The van der Waals surface area contributed by atoms with Gasteiger partial charge >= 0.3 is 6.36 Å². The van der Waals surface area contributed by atoms with E-state index in [0.717, 1.165) is 33.7 Å². The minimum Gasteiger partial charge on any atom is -0.439 e. The van der Waals surface area contributed by atoms with Crippen molar-refractivity contribution in [2.45, 2.75) is 17.8 Å². The first-order chi connectivity index (χ1) is 17.7. The third-order valence-electron chi connectivity index (χ3n) is 5.20. The average Bonchev–Trinajstić information content (AvgIpc) is 2.88. The summed E-state index contributed by atoms with van der Waals surface area (Å²) < 4.78 is 57.6. The Labute approximate surface area is 213 Å². The van der Waals surface area contributed by atoms with Crippen LogP contribution in [0, 0.1) is 0 Å². The SMILES string of the molecule is CS(=O)c1ccc(-c2ccc(CNC(=O)c3ccc(Oc4ccc(OC(F)(F)F)cc4)nc3)cc2)cc1. The largest absolute Gasteiger partial charge is 0.573 e. The first-order valence-electron chi connectivity index (χ1n) is 11.0. The summed E-state index contributed by atoms with van der Waals surface area (Å²) in [5.41, 5.74) is 3.25. The number of hydrogen-bond acceptors (Lipinski definition) is 5. The highest BCUT2D eigenvalue weighted by atomic mass is 32.2. The Bertz CT molecular complexity index is 1370. The number of carbonyl (C=O) groups excluding carboxylic acids is 1. The standard InChI is InChI=1S/C27H21F3N2O4S/c1-37(34)24-13-6-20(7-14-24)19-4-2-18(3-5-19)16-32-26(33)21-8-15-25(31-17-21)35-22-9-11-23(12-10-22)36-27(28,29)30/h2-15,17H,16H2,1H3,(H,32,33). The minimum atomic E-state index is -4.77. The Morgan fingerprint density at radius 3 is 2.00 bits per heavy atom. The highest BCUT2D eigenvalue weighted by Gasteiger charge is 2.31. The number of halogens is 3. The van der Waals surface area contributed by atoms with E-state index < -0.39 is 17.2 Å². The van der Waals surface area contributed by atoms with E-state index in [-0.39, 0.29) is 23.3 Å². The molecule has 0 aliphatic rings. The predicted octanol–water partition coefficient (Wildman–Crippen LogP) is 6.11. The molecule has 1 N–H and O–H groups in total. The first-order valence-corrected chi connectivity index (χ1v) is 12.5. The second-order valence-corrected chi connectivity index (χ2v) is 9.24. The Hall–Kier alpha value is -4.18. The molecular formula is C27H21F3N2O4S. The molecule has 4 aromatic rings. The molecule has 0 saturated carbocycles. The van der Waals surface area contributed by atoms with Crippen molar-refractivity contribution >= 4 is 16.7 Å². The fourth-order valence-electron chi connectivity index (χ4n) is 3.34. The van der Waals surface area contributed by atoms with Crippen molar-refractivity contribution in [3.05, 3.63) is 102 Å². The van der Waals surface area contributed by atoms with Crippen LogP contribution in [0.5, 0.6) is 17.4 Å². The summed E-state index contributed by atoms with van der Waals surface area (Å²) in [4.78, 5) is 17.3. The van der Waals surface area contributed by atoms with Crippen molar-refractivity contribution < 1.29 is 31.6 Å². The molecule has 1 heterocycles. The van der Waals surface area contributed by atoms with E-state index in [1.807, 2.05) is 48.5 Å². The molecule has 0 radical (unpaired) electrons. The summed E-state index contributed by atoms with van der Waals surface area (Å²) in [7, 11) is -1.02. The molecular weight excluding hydrogens is 505 g/mol. The number of alkyl halides is 3. The van der Waals surface area contributed by atoms with Gasteiger partial charge in [0.25, 0.3) is 5.91 Å². The van der Waals surface area contributed by atoms with Gasteiger partial charge in [0.2, 0.25) is 5.88 Å². The molecule has 1 atom stereocenters. The van der Waals surface area contributed by atoms with Crippen LogP contribution in [0.4, 0.5) is 13.2 Å². The summed E-state index contributed by atoms with van der Waals surface area (Å²) in [5, 5.41) is 2.83. The Balaban J connectivity index is 1.29. The Kier molecular flexibility index (Phi) is 7.88. The number of aromatic nitrogens is 1. The van der Waals surface area contributed by atoms with Crippen molar-refractivity contribution in [2.75, 3.05) is 6.26 Å². The number of pyridine rings is 1. The molecule has 6 nitrogen and oxygen atoms in total. The number of hydrogen-bond donors (Lipinski definition) is 1. The van der Waals surface area contributed by atoms with Crippen molar-refractivity contribution in [1.82, 2.24) is 10.3 Å². The van der Waals surface area contributed by atoms with Crippen LogP contribution >= 0.6 is 0 Å². The van der Waals surface area contributed by atoms with Crippen molar-refractivity contribution in [2.24, 2.45) is 0 Å². The highest BCUT2D eigenvalue weighted by molar-refractivity contribution is 7.84. The lowest BCUT2D eigenvalue weighted by molar-refractivity contribution is -0.274. The normalized spacial score (nSPS) is 12.0. The van der Waals surface area contributed by atoms with Crippen LogP contribution in [0.2, 0.25) is 0 Å². The molecule has 1 unspecified atom stereocenters. The molecule has 1 amide bonds. The van der Waals surface area contributed by atoms with E-state index >= 15 is 0 Å². The number of rotatable bonds is 8. The van der Waals surface area contributed by atoms with Gasteiger partial charge in [-0.25, -0.2) is 4.98 Å². The topological polar surface area (TPSA) is 77.5 Å². The third kappa shape index (κ3) is 7.40. The summed E-state index contributed by atoms with van der Waals surface area (Å²) in [6.07, 6.45) is -1.78. The van der Waals surface area contributed by atoms with Gasteiger partial charge in [-0.2, -0.15) is 0 Å². The smallest absolute Gasteiger partial charge is 0.439 e. The molecule has 10 heteroatoms. The van der Waals surface area contributed by atoms with E-state index in [1.165, 1.54) is 30.5 Å². The zero-order valence-electron chi connectivity index (χ0n) is 19.5. The molecule has 37 heavy (non-hydrogen) atoms. The van der Waals surface area contributed by atoms with Gasteiger partial charge in [0.1, 0.15) is 11.5 Å². The van der Waals surface area contributed by atoms with Gasteiger partial charge in [0.05, 0.1) is 5.56 Å². The van der Waals surface area contributed by atoms with Crippen LogP contribution in [0.1, 0.15) is 15.9 Å². The summed E-state index contributed by atoms with van der Waals surface area (Å²) in [5.74, 6) is -0.243. The molecule has 0 aliphatic carbocycles. The van der Waals surface area contributed by atoms with Crippen LogP contribution < -0.4 is 14.8 Å². The van der Waals surface area contributed by atoms with Crippen LogP contribution in [0.15, 0.2) is 96.0 Å². The van der Waals surface area contributed by atoms with Gasteiger partial charge in [0.15, 0.2) is 0 Å². The third-order valence-corrected chi connectivity index (χ3v) is 6.14. The molecule has 0 fully saturated rings. The van der Waals surface area contributed by atoms with Gasteiger partial charge in [-0.05, 0) is 59.2 Å². The Morgan fingerprint density at radius 2 is 1.46 bits per heavy atom. The van der Waals surface area contributed by atoms with Gasteiger partial charge in [0, 0.05) is 40.8 Å². The van der Waals surface area contributed by atoms with Crippen molar-refractivity contribution in [3.8, 4) is 28.5 Å². The first kappa shape index (κ1) is 25.9. The molecule has 0 saturated heterocycles. The second-order valence-electron chi connectivity index (χ2n) is 7.86. The zero-order chi connectivity index (χ0) is 26.4. The Morgan fingerprint density at radius 1 is 0.865 bits per heavy atom. The van der Waals surface area contributed by atoms with E-state index in [9.17, 15) is 22.2 Å². The fraction of sp³-hybridized carbons (Fsp3) is 0.111. The fourth-order valence-corrected chi connectivity index (χ4v) is 3.86. The second kappa shape index (κ2) is 11.3. The molecule has 0 aliphatic heterocycles. The van der Waals surface area contributed by atoms with Crippen LogP contribution in [-0.2, 0) is 17.3 Å². The van der Waals surface area contributed by atoms with E-state index in [1.54, 1.807) is 6.26 Å². The van der Waals surface area contributed by atoms with Gasteiger partial charge in [-0.15, -0.1) is 13.2 Å². The van der Waals surface area contributed by atoms with Crippen LogP contribution in [-0.4, -0.2) is 27.7 Å². The van der Waals surface area contributed by atoms with E-state index in [2.05, 4.69) is 15.0 Å². The number of benzene rings is 3. The maximum absolute atomic E-state index is 12.5. The van der Waals surface area contributed by atoms with Crippen LogP contribution in [0.3, 0.4) is 0 Å². The number of carbonyl (C=O) groups is 1. The average molecular weight is 527 g/mol. The highest BCUT2D eigenvalue weighted by Crippen LogP contribution is 2.27. The molecule has 0 spiro atoms.